The highest BCUT2D eigenvalue weighted by Crippen LogP contribution is 2.54. The second kappa shape index (κ2) is 7.09. The molecule has 2 aromatic rings. The molecule has 1 aromatic carbocycles. The number of rotatable bonds is 4. The van der Waals surface area contributed by atoms with E-state index in [2.05, 4.69) is 4.98 Å². The van der Waals surface area contributed by atoms with Crippen molar-refractivity contribution < 1.29 is 22.9 Å². The molecule has 3 atom stereocenters. The molecule has 2 aliphatic heterocycles. The first-order chi connectivity index (χ1) is 12.9. The number of aromatic nitrogens is 2. The Bertz CT molecular complexity index is 1010. The molecule has 0 bridgehead atoms. The first kappa shape index (κ1) is 18.2. The number of hydrogen-bond acceptors (Lipinski definition) is 7. The fourth-order valence-electron chi connectivity index (χ4n) is 3.11. The number of phosphoric acid groups is 1. The van der Waals surface area contributed by atoms with E-state index < -0.39 is 25.3 Å². The summed E-state index contributed by atoms with van der Waals surface area (Å²) >= 11 is 0. The number of aromatic amines is 1. The number of nitrogens with one attached hydrogen (secondary N) is 1. The minimum Gasteiger partial charge on any atom is -0.404 e. The van der Waals surface area contributed by atoms with Gasteiger partial charge in [0, 0.05) is 17.8 Å². The molecule has 1 saturated heterocycles. The van der Waals surface area contributed by atoms with Crippen molar-refractivity contribution in [3.8, 4) is 5.75 Å². The van der Waals surface area contributed by atoms with Crippen LogP contribution in [0.15, 0.2) is 40.1 Å². The molecule has 144 valence electrons. The van der Waals surface area contributed by atoms with E-state index in [0.717, 1.165) is 11.1 Å². The van der Waals surface area contributed by atoms with Crippen molar-refractivity contribution in [2.45, 2.75) is 38.7 Å². The predicted octanol–water partition coefficient (Wildman–Crippen LogP) is 2.26. The van der Waals surface area contributed by atoms with Gasteiger partial charge in [0.1, 0.15) is 12.0 Å². The monoisotopic (exact) mass is 394 g/mol. The van der Waals surface area contributed by atoms with E-state index in [-0.39, 0.29) is 19.3 Å². The van der Waals surface area contributed by atoms with Crippen LogP contribution < -0.4 is 15.8 Å². The maximum atomic E-state index is 12.7. The van der Waals surface area contributed by atoms with Gasteiger partial charge in [-0.25, -0.2) is 9.36 Å². The quantitative estimate of drug-likeness (QED) is 0.792. The first-order valence-corrected chi connectivity index (χ1v) is 10.0. The zero-order valence-corrected chi connectivity index (χ0v) is 15.5. The summed E-state index contributed by atoms with van der Waals surface area (Å²) in [5.41, 5.74) is 0.878. The number of benzene rings is 1. The molecule has 3 unspecified atom stereocenters. The summed E-state index contributed by atoms with van der Waals surface area (Å²) in [7, 11) is -3.72. The number of nitrogens with zero attached hydrogens (tertiary/aromatic N) is 1. The minimum atomic E-state index is -3.72. The van der Waals surface area contributed by atoms with Crippen LogP contribution in [0.4, 0.5) is 0 Å². The molecular weight excluding hydrogens is 375 g/mol. The summed E-state index contributed by atoms with van der Waals surface area (Å²) in [6.45, 7) is 2.11. The lowest BCUT2D eigenvalue weighted by Crippen LogP contribution is -2.31. The van der Waals surface area contributed by atoms with Crippen LogP contribution in [0.3, 0.4) is 0 Å². The Balaban J connectivity index is 1.37. The smallest absolute Gasteiger partial charge is 0.404 e. The molecule has 1 N–H and O–H groups in total. The molecule has 0 spiro atoms. The van der Waals surface area contributed by atoms with Crippen molar-refractivity contribution >= 4 is 7.82 Å². The van der Waals surface area contributed by atoms with Crippen LogP contribution in [0.2, 0.25) is 0 Å². The largest absolute Gasteiger partial charge is 0.530 e. The van der Waals surface area contributed by atoms with E-state index in [1.165, 1.54) is 16.8 Å². The third-order valence-corrected chi connectivity index (χ3v) is 5.80. The van der Waals surface area contributed by atoms with Gasteiger partial charge in [-0.15, -0.1) is 0 Å². The molecule has 3 heterocycles. The highest BCUT2D eigenvalue weighted by molar-refractivity contribution is 7.49. The second-order valence-corrected chi connectivity index (χ2v) is 8.12. The van der Waals surface area contributed by atoms with E-state index in [0.29, 0.717) is 18.6 Å². The van der Waals surface area contributed by atoms with E-state index in [4.69, 9.17) is 18.3 Å². The molecule has 0 aliphatic carbocycles. The second-order valence-electron chi connectivity index (χ2n) is 6.53. The van der Waals surface area contributed by atoms with Crippen molar-refractivity contribution in [3.05, 3.63) is 62.4 Å². The lowest BCUT2D eigenvalue weighted by molar-refractivity contribution is -0.0264. The van der Waals surface area contributed by atoms with Gasteiger partial charge in [0.25, 0.3) is 5.56 Å². The average molecular weight is 394 g/mol. The third kappa shape index (κ3) is 3.91. The fourth-order valence-corrected chi connectivity index (χ4v) is 4.36. The van der Waals surface area contributed by atoms with E-state index >= 15 is 0 Å². The Morgan fingerprint density at radius 2 is 2.15 bits per heavy atom. The molecule has 0 amide bonds. The van der Waals surface area contributed by atoms with Crippen LogP contribution in [0.25, 0.3) is 0 Å². The summed E-state index contributed by atoms with van der Waals surface area (Å²) in [4.78, 5) is 25.2. The topological polar surface area (TPSA) is 109 Å². The van der Waals surface area contributed by atoms with E-state index in [1.54, 1.807) is 6.07 Å². The van der Waals surface area contributed by atoms with Crippen LogP contribution >= 0.6 is 7.82 Å². The Hall–Kier alpha value is -2.19. The maximum absolute atomic E-state index is 12.7. The SMILES string of the molecule is Cc1ccc2c(c1)COP(=O)(OCC1CCC(n3ccc(=O)[nH]c3=O)O1)O2. The molecule has 1 fully saturated rings. The molecule has 0 radical (unpaired) electrons. The summed E-state index contributed by atoms with van der Waals surface area (Å²) in [6, 6.07) is 6.77. The van der Waals surface area contributed by atoms with Crippen molar-refractivity contribution in [2.75, 3.05) is 6.61 Å². The zero-order chi connectivity index (χ0) is 19.0. The average Bonchev–Trinajstić information content (AvgIpc) is 3.09. The van der Waals surface area contributed by atoms with Gasteiger partial charge in [-0.2, -0.15) is 0 Å². The van der Waals surface area contributed by atoms with Crippen molar-refractivity contribution in [1.82, 2.24) is 9.55 Å². The lowest BCUT2D eigenvalue weighted by atomic mass is 10.1. The molecular formula is C17H19N2O7P. The predicted molar refractivity (Wildman–Crippen MR) is 94.6 cm³/mol. The van der Waals surface area contributed by atoms with Gasteiger partial charge < -0.3 is 9.26 Å². The highest BCUT2D eigenvalue weighted by Gasteiger charge is 2.36. The third-order valence-electron chi connectivity index (χ3n) is 4.47. The fraction of sp³-hybridized carbons (Fsp3) is 0.412. The van der Waals surface area contributed by atoms with Crippen molar-refractivity contribution in [1.29, 1.82) is 0 Å². The lowest BCUT2D eigenvalue weighted by Gasteiger charge is -2.26. The van der Waals surface area contributed by atoms with Crippen LogP contribution in [0.1, 0.15) is 30.2 Å². The number of aryl methyl sites for hydroxylation is 1. The molecule has 10 heteroatoms. The maximum Gasteiger partial charge on any atom is 0.530 e. The Kier molecular flexibility index (Phi) is 4.77. The number of phosphoric ester groups is 1. The summed E-state index contributed by atoms with van der Waals surface area (Å²) < 4.78 is 35.9. The van der Waals surface area contributed by atoms with Gasteiger partial charge in [-0.3, -0.25) is 23.4 Å². The molecule has 0 saturated carbocycles. The van der Waals surface area contributed by atoms with Crippen LogP contribution in [0.5, 0.6) is 5.75 Å². The van der Waals surface area contributed by atoms with Gasteiger partial charge >= 0.3 is 13.5 Å². The van der Waals surface area contributed by atoms with Crippen LogP contribution in [0, 0.1) is 6.92 Å². The first-order valence-electron chi connectivity index (χ1n) is 8.57. The summed E-state index contributed by atoms with van der Waals surface area (Å²) in [6.07, 6.45) is 1.68. The van der Waals surface area contributed by atoms with Crippen LogP contribution in [-0.4, -0.2) is 22.3 Å². The summed E-state index contributed by atoms with van der Waals surface area (Å²) in [5.74, 6) is 0.486. The highest BCUT2D eigenvalue weighted by atomic mass is 31.2. The number of hydrogen-bond donors (Lipinski definition) is 1. The molecule has 4 rings (SSSR count). The number of fused-ring (bicyclic) bond motifs is 1. The van der Waals surface area contributed by atoms with E-state index in [1.807, 2.05) is 19.1 Å². The van der Waals surface area contributed by atoms with Gasteiger partial charge in [0.2, 0.25) is 0 Å². The van der Waals surface area contributed by atoms with Crippen molar-refractivity contribution in [2.24, 2.45) is 0 Å². The Morgan fingerprint density at radius 3 is 2.96 bits per heavy atom. The van der Waals surface area contributed by atoms with Crippen molar-refractivity contribution in [3.63, 3.8) is 0 Å². The zero-order valence-electron chi connectivity index (χ0n) is 14.6. The van der Waals surface area contributed by atoms with E-state index in [9.17, 15) is 14.2 Å². The molecule has 9 nitrogen and oxygen atoms in total. The van der Waals surface area contributed by atoms with Gasteiger partial charge in [0.15, 0.2) is 0 Å². The molecule has 27 heavy (non-hydrogen) atoms. The summed E-state index contributed by atoms with van der Waals surface area (Å²) in [5, 5.41) is 0. The number of ether oxygens (including phenoxy) is 1. The van der Waals surface area contributed by atoms with Crippen LogP contribution in [-0.2, 0) is 25.0 Å². The normalized spacial score (nSPS) is 27.1. The molecule has 2 aliphatic rings. The van der Waals surface area contributed by atoms with Gasteiger partial charge in [0.05, 0.1) is 19.3 Å². The Morgan fingerprint density at radius 1 is 1.30 bits per heavy atom. The minimum absolute atomic E-state index is 0.00702. The standard InChI is InChI=1S/C17H19N2O7P/c1-11-2-4-14-12(8-11)9-23-27(22,26-14)24-10-13-3-5-16(25-13)19-7-6-15(20)18-17(19)21/h2,4,6-8,13,16H,3,5,9-10H2,1H3,(H,18,20,21). The van der Waals surface area contributed by atoms with Gasteiger partial charge in [-0.05, 0) is 25.8 Å². The Labute approximate surface area is 154 Å². The number of H-pyrrole nitrogens is 1. The van der Waals surface area contributed by atoms with Gasteiger partial charge in [-0.1, -0.05) is 17.7 Å². The molecule has 1 aromatic heterocycles.